The average Bonchev–Trinajstić information content (AvgIpc) is 2.77. The molecule has 3 aromatic rings. The van der Waals surface area contributed by atoms with Crippen LogP contribution in [-0.4, -0.2) is 38.7 Å². The highest BCUT2D eigenvalue weighted by Gasteiger charge is 2.19. The summed E-state index contributed by atoms with van der Waals surface area (Å²) in [4.78, 5) is 37.3. The van der Waals surface area contributed by atoms with Crippen LogP contribution in [0.25, 0.3) is 22.3 Å². The Kier molecular flexibility index (Phi) is 6.98. The van der Waals surface area contributed by atoms with Crippen LogP contribution in [0.2, 0.25) is 0 Å². The first kappa shape index (κ1) is 21.3. The van der Waals surface area contributed by atoms with Gasteiger partial charge in [-0.1, -0.05) is 36.4 Å². The van der Waals surface area contributed by atoms with Crippen molar-refractivity contribution in [3.05, 3.63) is 69.9 Å². The standard InChI is InChI=1S/C23H23NO6/c1-15-20(26)17-10-6-11-18(22(17)30-21(15)16-8-4-3-5-9-16)23(27)29-14-19(25)24-12-7-13-28-2/h3-6,8-11H,7,12-14H2,1-2H3,(H,24,25). The molecule has 0 saturated heterocycles. The van der Waals surface area contributed by atoms with Gasteiger partial charge in [0.1, 0.15) is 11.3 Å². The second kappa shape index (κ2) is 9.84. The highest BCUT2D eigenvalue weighted by atomic mass is 16.5. The number of nitrogens with one attached hydrogen (secondary N) is 1. The van der Waals surface area contributed by atoms with Crippen LogP contribution in [0.4, 0.5) is 0 Å². The van der Waals surface area contributed by atoms with Gasteiger partial charge < -0.3 is 19.2 Å². The van der Waals surface area contributed by atoms with Crippen LogP contribution in [0.15, 0.2) is 57.7 Å². The Morgan fingerprint density at radius 2 is 1.83 bits per heavy atom. The molecule has 2 aromatic carbocycles. The van der Waals surface area contributed by atoms with Gasteiger partial charge in [0.25, 0.3) is 5.91 Å². The molecule has 0 spiro atoms. The second-order valence-electron chi connectivity index (χ2n) is 6.71. The molecule has 0 saturated carbocycles. The molecule has 0 aliphatic heterocycles. The van der Waals surface area contributed by atoms with E-state index in [1.807, 2.05) is 30.3 Å². The average molecular weight is 409 g/mol. The molecular weight excluding hydrogens is 386 g/mol. The van der Waals surface area contributed by atoms with Crippen molar-refractivity contribution in [2.75, 3.05) is 26.9 Å². The molecule has 0 atom stereocenters. The Hall–Kier alpha value is -3.45. The molecule has 0 aliphatic carbocycles. The van der Waals surface area contributed by atoms with Crippen molar-refractivity contribution in [3.63, 3.8) is 0 Å². The fraction of sp³-hybridized carbons (Fsp3) is 0.261. The molecule has 0 bridgehead atoms. The van der Waals surface area contributed by atoms with Crippen molar-refractivity contribution >= 4 is 22.8 Å². The van der Waals surface area contributed by atoms with Gasteiger partial charge >= 0.3 is 5.97 Å². The lowest BCUT2D eigenvalue weighted by atomic mass is 10.0. The molecule has 7 nitrogen and oxygen atoms in total. The van der Waals surface area contributed by atoms with E-state index in [0.29, 0.717) is 30.9 Å². The summed E-state index contributed by atoms with van der Waals surface area (Å²) in [6.45, 7) is 2.21. The first-order valence-electron chi connectivity index (χ1n) is 9.57. The third-order valence-electron chi connectivity index (χ3n) is 4.58. The first-order valence-corrected chi connectivity index (χ1v) is 9.57. The Morgan fingerprint density at radius 1 is 1.07 bits per heavy atom. The summed E-state index contributed by atoms with van der Waals surface area (Å²) < 4.78 is 16.0. The number of methoxy groups -OCH3 is 1. The third kappa shape index (κ3) is 4.75. The summed E-state index contributed by atoms with van der Waals surface area (Å²) in [5, 5.41) is 2.92. The summed E-state index contributed by atoms with van der Waals surface area (Å²) in [6, 6.07) is 13.9. The van der Waals surface area contributed by atoms with Crippen molar-refractivity contribution in [2.45, 2.75) is 13.3 Å². The first-order chi connectivity index (χ1) is 14.5. The van der Waals surface area contributed by atoms with Crippen molar-refractivity contribution in [3.8, 4) is 11.3 Å². The quantitative estimate of drug-likeness (QED) is 0.454. The third-order valence-corrected chi connectivity index (χ3v) is 4.58. The summed E-state index contributed by atoms with van der Waals surface area (Å²) in [5.74, 6) is -0.759. The molecule has 0 radical (unpaired) electrons. The van der Waals surface area contributed by atoms with E-state index in [1.165, 1.54) is 6.07 Å². The smallest absolute Gasteiger partial charge is 0.342 e. The van der Waals surface area contributed by atoms with Gasteiger partial charge in [-0.15, -0.1) is 0 Å². The maximum Gasteiger partial charge on any atom is 0.342 e. The van der Waals surface area contributed by atoms with Crippen LogP contribution in [0.3, 0.4) is 0 Å². The minimum absolute atomic E-state index is 0.0916. The van der Waals surface area contributed by atoms with E-state index in [-0.39, 0.29) is 22.0 Å². The maximum atomic E-state index is 12.8. The maximum absolute atomic E-state index is 12.8. The molecular formula is C23H23NO6. The number of para-hydroxylation sites is 1. The Balaban J connectivity index is 1.86. The number of rotatable bonds is 8. The second-order valence-corrected chi connectivity index (χ2v) is 6.71. The highest BCUT2D eigenvalue weighted by molar-refractivity contribution is 6.02. The van der Waals surface area contributed by atoms with Gasteiger partial charge in [-0.3, -0.25) is 9.59 Å². The number of hydrogen-bond acceptors (Lipinski definition) is 6. The molecule has 156 valence electrons. The van der Waals surface area contributed by atoms with Gasteiger partial charge in [-0.2, -0.15) is 0 Å². The molecule has 3 rings (SSSR count). The van der Waals surface area contributed by atoms with E-state index in [2.05, 4.69) is 5.32 Å². The van der Waals surface area contributed by atoms with E-state index >= 15 is 0 Å². The number of ether oxygens (including phenoxy) is 2. The summed E-state index contributed by atoms with van der Waals surface area (Å²) in [6.07, 6.45) is 0.659. The van der Waals surface area contributed by atoms with E-state index in [1.54, 1.807) is 26.2 Å². The number of fused-ring (bicyclic) bond motifs is 1. The van der Waals surface area contributed by atoms with Crippen LogP contribution >= 0.6 is 0 Å². The van der Waals surface area contributed by atoms with Gasteiger partial charge in [-0.05, 0) is 25.5 Å². The molecule has 1 N–H and O–H groups in total. The van der Waals surface area contributed by atoms with Gasteiger partial charge in [-0.25, -0.2) is 4.79 Å². The molecule has 0 aliphatic rings. The van der Waals surface area contributed by atoms with Crippen LogP contribution in [-0.2, 0) is 14.3 Å². The number of carbonyl (C=O) groups is 2. The Morgan fingerprint density at radius 3 is 2.57 bits per heavy atom. The van der Waals surface area contributed by atoms with E-state index in [4.69, 9.17) is 13.9 Å². The van der Waals surface area contributed by atoms with Crippen LogP contribution < -0.4 is 10.7 Å². The number of hydrogen-bond donors (Lipinski definition) is 1. The molecule has 1 heterocycles. The summed E-state index contributed by atoms with van der Waals surface area (Å²) >= 11 is 0. The zero-order chi connectivity index (χ0) is 21.5. The molecule has 0 fully saturated rings. The lowest BCUT2D eigenvalue weighted by Crippen LogP contribution is -2.30. The number of carbonyl (C=O) groups excluding carboxylic acids is 2. The lowest BCUT2D eigenvalue weighted by Gasteiger charge is -2.10. The molecule has 7 heteroatoms. The predicted molar refractivity (Wildman–Crippen MR) is 112 cm³/mol. The molecule has 1 aromatic heterocycles. The largest absolute Gasteiger partial charge is 0.455 e. The van der Waals surface area contributed by atoms with Gasteiger partial charge in [0.2, 0.25) is 0 Å². The summed E-state index contributed by atoms with van der Waals surface area (Å²) in [5.41, 5.74) is 1.19. The fourth-order valence-corrected chi connectivity index (χ4v) is 3.04. The van der Waals surface area contributed by atoms with Crippen molar-refractivity contribution in [2.24, 2.45) is 0 Å². The van der Waals surface area contributed by atoms with E-state index < -0.39 is 18.5 Å². The topological polar surface area (TPSA) is 94.8 Å². The van der Waals surface area contributed by atoms with Crippen molar-refractivity contribution in [1.82, 2.24) is 5.32 Å². The Bertz CT molecular complexity index is 1100. The van der Waals surface area contributed by atoms with Crippen LogP contribution in [0, 0.1) is 6.92 Å². The lowest BCUT2D eigenvalue weighted by molar-refractivity contribution is -0.124. The highest BCUT2D eigenvalue weighted by Crippen LogP contribution is 2.27. The monoisotopic (exact) mass is 409 g/mol. The zero-order valence-electron chi connectivity index (χ0n) is 16.9. The Labute approximate surface area is 173 Å². The fourth-order valence-electron chi connectivity index (χ4n) is 3.04. The predicted octanol–water partition coefficient (Wildman–Crippen LogP) is 3.08. The van der Waals surface area contributed by atoms with Gasteiger partial charge in [0.15, 0.2) is 17.6 Å². The van der Waals surface area contributed by atoms with Crippen molar-refractivity contribution in [1.29, 1.82) is 0 Å². The summed E-state index contributed by atoms with van der Waals surface area (Å²) in [7, 11) is 1.58. The minimum atomic E-state index is -0.737. The number of esters is 1. The number of benzene rings is 2. The SMILES string of the molecule is COCCCNC(=O)COC(=O)c1cccc2c(=O)c(C)c(-c3ccccc3)oc12. The van der Waals surface area contributed by atoms with Crippen molar-refractivity contribution < 1.29 is 23.5 Å². The molecule has 1 amide bonds. The van der Waals surface area contributed by atoms with Gasteiger partial charge in [0, 0.05) is 31.4 Å². The van der Waals surface area contributed by atoms with E-state index in [0.717, 1.165) is 5.56 Å². The number of amides is 1. The zero-order valence-corrected chi connectivity index (χ0v) is 16.9. The van der Waals surface area contributed by atoms with Crippen LogP contribution in [0.5, 0.6) is 0 Å². The minimum Gasteiger partial charge on any atom is -0.455 e. The molecule has 0 unspecified atom stereocenters. The normalized spacial score (nSPS) is 10.7. The van der Waals surface area contributed by atoms with E-state index in [9.17, 15) is 14.4 Å². The van der Waals surface area contributed by atoms with Crippen LogP contribution in [0.1, 0.15) is 22.3 Å². The van der Waals surface area contributed by atoms with Gasteiger partial charge in [0.05, 0.1) is 5.39 Å². The molecule has 30 heavy (non-hydrogen) atoms.